The Hall–Kier alpha value is -1.36. The predicted molar refractivity (Wildman–Crippen MR) is 70.6 cm³/mol. The van der Waals surface area contributed by atoms with Crippen molar-refractivity contribution in [2.45, 2.75) is 32.0 Å². The van der Waals surface area contributed by atoms with Gasteiger partial charge >= 0.3 is 6.18 Å². The Bertz CT molecular complexity index is 454. The molecule has 1 aliphatic rings. The molecule has 1 aromatic carbocycles. The van der Waals surface area contributed by atoms with Crippen LogP contribution in [0.2, 0.25) is 0 Å². The summed E-state index contributed by atoms with van der Waals surface area (Å²) in [5, 5.41) is 0. The van der Waals surface area contributed by atoms with Crippen molar-refractivity contribution in [1.82, 2.24) is 4.90 Å². The first-order chi connectivity index (χ1) is 9.37. The molecule has 110 valence electrons. The summed E-state index contributed by atoms with van der Waals surface area (Å²) in [7, 11) is 0. The van der Waals surface area contributed by atoms with Crippen molar-refractivity contribution in [3.05, 3.63) is 35.9 Å². The molecule has 2 nitrogen and oxygen atoms in total. The molecule has 0 aromatic heterocycles. The van der Waals surface area contributed by atoms with Crippen LogP contribution in [-0.2, 0) is 0 Å². The molecule has 5 heteroatoms. The van der Waals surface area contributed by atoms with E-state index < -0.39 is 18.6 Å². The van der Waals surface area contributed by atoms with Gasteiger partial charge in [0.15, 0.2) is 5.78 Å². The molecule has 1 aromatic rings. The predicted octanol–water partition coefficient (Wildman–Crippen LogP) is 3.53. The van der Waals surface area contributed by atoms with Gasteiger partial charge in [-0.05, 0) is 12.8 Å². The maximum absolute atomic E-state index is 12.5. The van der Waals surface area contributed by atoms with Crippen LogP contribution in [0.5, 0.6) is 0 Å². The molecule has 0 amide bonds. The molecule has 1 saturated carbocycles. The Labute approximate surface area is 116 Å². The van der Waals surface area contributed by atoms with Gasteiger partial charge < -0.3 is 0 Å². The van der Waals surface area contributed by atoms with Crippen molar-refractivity contribution >= 4 is 5.78 Å². The molecule has 1 aliphatic carbocycles. The van der Waals surface area contributed by atoms with Gasteiger partial charge in [0.25, 0.3) is 0 Å². The molecular formula is C15H18F3NO. The molecule has 0 heterocycles. The van der Waals surface area contributed by atoms with Gasteiger partial charge in [-0.3, -0.25) is 9.69 Å². The standard InChI is InChI=1S/C15H18F3NO/c1-11(14(20)12-5-3-2-4-6-12)9-19(13-7-8-13)10-15(16,17)18/h2-6,11,13H,7-10H2,1H3. The van der Waals surface area contributed by atoms with E-state index in [1.807, 2.05) is 6.07 Å². The first-order valence-corrected chi connectivity index (χ1v) is 6.77. The Balaban J connectivity index is 1.98. The Kier molecular flexibility index (Phi) is 4.48. The van der Waals surface area contributed by atoms with Crippen LogP contribution < -0.4 is 0 Å². The maximum Gasteiger partial charge on any atom is 0.401 e. The average Bonchev–Trinajstić information content (AvgIpc) is 3.20. The van der Waals surface area contributed by atoms with Gasteiger partial charge in [-0.1, -0.05) is 37.3 Å². The number of Topliss-reactive ketones (excluding diaryl/α,β-unsaturated/α-hetero) is 1. The van der Waals surface area contributed by atoms with Gasteiger partial charge in [0.1, 0.15) is 0 Å². The van der Waals surface area contributed by atoms with Crippen molar-refractivity contribution in [2.24, 2.45) is 5.92 Å². The molecule has 1 atom stereocenters. The number of benzene rings is 1. The van der Waals surface area contributed by atoms with Gasteiger partial charge in [-0.25, -0.2) is 0 Å². The second-order valence-corrected chi connectivity index (χ2v) is 5.41. The van der Waals surface area contributed by atoms with E-state index >= 15 is 0 Å². The maximum atomic E-state index is 12.5. The number of rotatable bonds is 6. The van der Waals surface area contributed by atoms with Crippen LogP contribution in [0.15, 0.2) is 30.3 Å². The summed E-state index contributed by atoms with van der Waals surface area (Å²) in [6.07, 6.45) is -2.62. The number of halogens is 3. The van der Waals surface area contributed by atoms with Crippen LogP contribution in [0, 0.1) is 5.92 Å². The molecule has 0 aliphatic heterocycles. The summed E-state index contributed by atoms with van der Waals surface area (Å²) < 4.78 is 37.6. The minimum atomic E-state index is -4.21. The van der Waals surface area contributed by atoms with Gasteiger partial charge in [0, 0.05) is 24.1 Å². The number of nitrogens with zero attached hydrogens (tertiary/aromatic N) is 1. The highest BCUT2D eigenvalue weighted by molar-refractivity contribution is 5.97. The van der Waals surface area contributed by atoms with Crippen LogP contribution >= 0.6 is 0 Å². The normalized spacial score (nSPS) is 17.2. The highest BCUT2D eigenvalue weighted by Gasteiger charge is 2.39. The Morgan fingerprint density at radius 3 is 2.40 bits per heavy atom. The first kappa shape index (κ1) is 15.0. The van der Waals surface area contributed by atoms with E-state index in [-0.39, 0.29) is 18.4 Å². The summed E-state index contributed by atoms with van der Waals surface area (Å²) in [4.78, 5) is 13.6. The molecule has 1 fully saturated rings. The average molecular weight is 285 g/mol. The van der Waals surface area contributed by atoms with Gasteiger partial charge in [-0.15, -0.1) is 0 Å². The van der Waals surface area contributed by atoms with Crippen LogP contribution in [0.4, 0.5) is 13.2 Å². The van der Waals surface area contributed by atoms with Crippen LogP contribution in [0.3, 0.4) is 0 Å². The number of carbonyl (C=O) groups is 1. The first-order valence-electron chi connectivity index (χ1n) is 6.77. The zero-order chi connectivity index (χ0) is 14.8. The van der Waals surface area contributed by atoms with E-state index in [2.05, 4.69) is 0 Å². The van der Waals surface area contributed by atoms with E-state index in [1.165, 1.54) is 4.90 Å². The summed E-state index contributed by atoms with van der Waals surface area (Å²) >= 11 is 0. The number of ketones is 1. The van der Waals surface area contributed by atoms with Crippen molar-refractivity contribution in [2.75, 3.05) is 13.1 Å². The lowest BCUT2D eigenvalue weighted by atomic mass is 9.99. The fourth-order valence-electron chi connectivity index (χ4n) is 2.33. The molecule has 0 bridgehead atoms. The second kappa shape index (κ2) is 5.95. The highest BCUT2D eigenvalue weighted by Crippen LogP contribution is 2.31. The van der Waals surface area contributed by atoms with Gasteiger partial charge in [0.05, 0.1) is 6.54 Å². The number of hydrogen-bond acceptors (Lipinski definition) is 2. The molecule has 2 rings (SSSR count). The fraction of sp³-hybridized carbons (Fsp3) is 0.533. The van der Waals surface area contributed by atoms with Crippen molar-refractivity contribution in [3.8, 4) is 0 Å². The van der Waals surface area contributed by atoms with E-state index in [1.54, 1.807) is 31.2 Å². The van der Waals surface area contributed by atoms with E-state index in [9.17, 15) is 18.0 Å². The SMILES string of the molecule is CC(CN(CC(F)(F)F)C1CC1)C(=O)c1ccccc1. The lowest BCUT2D eigenvalue weighted by Gasteiger charge is -2.26. The molecule has 0 spiro atoms. The third-order valence-corrected chi connectivity index (χ3v) is 3.46. The monoisotopic (exact) mass is 285 g/mol. The summed E-state index contributed by atoms with van der Waals surface area (Å²) in [5.41, 5.74) is 0.558. The molecule has 0 saturated heterocycles. The third-order valence-electron chi connectivity index (χ3n) is 3.46. The summed E-state index contributed by atoms with van der Waals surface area (Å²) in [6, 6.07) is 8.71. The summed E-state index contributed by atoms with van der Waals surface area (Å²) in [6.45, 7) is 0.934. The lowest BCUT2D eigenvalue weighted by molar-refractivity contribution is -0.147. The minimum absolute atomic E-state index is 0.0114. The van der Waals surface area contributed by atoms with Crippen LogP contribution in [-0.4, -0.2) is 36.0 Å². The lowest BCUT2D eigenvalue weighted by Crippen LogP contribution is -2.40. The molecule has 0 radical (unpaired) electrons. The summed E-state index contributed by atoms with van der Waals surface area (Å²) in [5.74, 6) is -0.529. The minimum Gasteiger partial charge on any atom is -0.294 e. The third kappa shape index (κ3) is 4.34. The topological polar surface area (TPSA) is 20.3 Å². The van der Waals surface area contributed by atoms with Crippen molar-refractivity contribution < 1.29 is 18.0 Å². The van der Waals surface area contributed by atoms with Crippen LogP contribution in [0.1, 0.15) is 30.1 Å². The van der Waals surface area contributed by atoms with Crippen LogP contribution in [0.25, 0.3) is 0 Å². The Morgan fingerprint density at radius 1 is 1.30 bits per heavy atom. The highest BCUT2D eigenvalue weighted by atomic mass is 19.4. The zero-order valence-corrected chi connectivity index (χ0v) is 11.4. The molecular weight excluding hydrogens is 267 g/mol. The fourth-order valence-corrected chi connectivity index (χ4v) is 2.33. The van der Waals surface area contributed by atoms with Gasteiger partial charge in [-0.2, -0.15) is 13.2 Å². The van der Waals surface area contributed by atoms with Crippen molar-refractivity contribution in [1.29, 1.82) is 0 Å². The second-order valence-electron chi connectivity index (χ2n) is 5.41. The van der Waals surface area contributed by atoms with E-state index in [0.717, 1.165) is 12.8 Å². The number of hydrogen-bond donors (Lipinski definition) is 0. The van der Waals surface area contributed by atoms with Gasteiger partial charge in [0.2, 0.25) is 0 Å². The quantitative estimate of drug-likeness (QED) is 0.745. The molecule has 20 heavy (non-hydrogen) atoms. The largest absolute Gasteiger partial charge is 0.401 e. The smallest absolute Gasteiger partial charge is 0.294 e. The zero-order valence-electron chi connectivity index (χ0n) is 11.4. The number of carbonyl (C=O) groups excluding carboxylic acids is 1. The Morgan fingerprint density at radius 2 is 1.90 bits per heavy atom. The van der Waals surface area contributed by atoms with Crippen molar-refractivity contribution in [3.63, 3.8) is 0 Å². The van der Waals surface area contributed by atoms with E-state index in [4.69, 9.17) is 0 Å². The number of alkyl halides is 3. The molecule has 1 unspecified atom stereocenters. The van der Waals surface area contributed by atoms with E-state index in [0.29, 0.717) is 5.56 Å². The molecule has 0 N–H and O–H groups in total.